The zero-order valence-electron chi connectivity index (χ0n) is 15.4. The lowest BCUT2D eigenvalue weighted by atomic mass is 10.2. The van der Waals surface area contributed by atoms with Crippen LogP contribution in [-0.2, 0) is 23.0 Å². The highest BCUT2D eigenvalue weighted by atomic mass is 32.2. The molecule has 1 aliphatic rings. The van der Waals surface area contributed by atoms with Crippen molar-refractivity contribution in [3.63, 3.8) is 0 Å². The van der Waals surface area contributed by atoms with Crippen LogP contribution in [0.2, 0.25) is 0 Å². The number of fused-ring (bicyclic) bond motifs is 1. The molecule has 0 spiro atoms. The second-order valence-electron chi connectivity index (χ2n) is 6.71. The number of sulfonamides is 1. The summed E-state index contributed by atoms with van der Waals surface area (Å²) in [5.41, 5.74) is 3.11. The fourth-order valence-electron chi connectivity index (χ4n) is 3.12. The van der Waals surface area contributed by atoms with E-state index in [1.165, 1.54) is 27.0 Å². The summed E-state index contributed by atoms with van der Waals surface area (Å²) in [7, 11) is -3.58. The Hall–Kier alpha value is -2.07. The normalized spacial score (nSPS) is 14.6. The minimum absolute atomic E-state index is 0.202. The van der Waals surface area contributed by atoms with E-state index in [0.29, 0.717) is 28.6 Å². The number of thiazole rings is 1. The maximum Gasteiger partial charge on any atom is 0.258 e. The van der Waals surface area contributed by atoms with Gasteiger partial charge in [-0.2, -0.15) is 15.6 Å². The van der Waals surface area contributed by atoms with Gasteiger partial charge in [0.2, 0.25) is 10.0 Å². The second kappa shape index (κ2) is 7.40. The molecule has 1 amide bonds. The number of carbonyl (C=O) groups is 1. The number of benzene rings is 1. The topological polar surface area (TPSA) is 79.4 Å². The standard InChI is InChI=1S/C19H19N3O3S3/c1-12-3-4-13(2)17(9-12)28(24,25)22-7-5-15-16(10-22)27-19(20-15)21-18(23)14-6-8-26-11-14/h3-4,6,8-9,11H,5,7,10H2,1-2H3,(H,20,21,23). The molecule has 146 valence electrons. The van der Waals surface area contributed by atoms with Gasteiger partial charge in [-0.3, -0.25) is 10.1 Å². The summed E-state index contributed by atoms with van der Waals surface area (Å²) in [5, 5.41) is 6.94. The molecule has 3 heterocycles. The summed E-state index contributed by atoms with van der Waals surface area (Å²) >= 11 is 2.80. The van der Waals surface area contributed by atoms with Crippen LogP contribution in [0.1, 0.15) is 32.1 Å². The molecule has 9 heteroatoms. The Morgan fingerprint density at radius 1 is 1.25 bits per heavy atom. The van der Waals surface area contributed by atoms with Crippen molar-refractivity contribution < 1.29 is 13.2 Å². The first kappa shape index (κ1) is 19.3. The van der Waals surface area contributed by atoms with Crippen molar-refractivity contribution in [1.29, 1.82) is 0 Å². The fraction of sp³-hybridized carbons (Fsp3) is 0.263. The van der Waals surface area contributed by atoms with Crippen LogP contribution in [0.4, 0.5) is 5.13 Å². The van der Waals surface area contributed by atoms with Gasteiger partial charge in [0.15, 0.2) is 5.13 Å². The van der Waals surface area contributed by atoms with Gasteiger partial charge in [-0.15, -0.1) is 11.3 Å². The zero-order valence-corrected chi connectivity index (χ0v) is 17.9. The van der Waals surface area contributed by atoms with E-state index in [1.54, 1.807) is 17.5 Å². The number of nitrogens with zero attached hydrogens (tertiary/aromatic N) is 2. The number of carbonyl (C=O) groups excluding carboxylic acids is 1. The molecule has 0 aliphatic carbocycles. The molecule has 0 fully saturated rings. The largest absolute Gasteiger partial charge is 0.298 e. The van der Waals surface area contributed by atoms with E-state index in [4.69, 9.17) is 0 Å². The van der Waals surface area contributed by atoms with Gasteiger partial charge in [-0.1, -0.05) is 12.1 Å². The number of aryl methyl sites for hydroxylation is 2. The van der Waals surface area contributed by atoms with Crippen LogP contribution >= 0.6 is 22.7 Å². The summed E-state index contributed by atoms with van der Waals surface area (Å²) in [6.45, 7) is 4.35. The highest BCUT2D eigenvalue weighted by Gasteiger charge is 2.31. The smallest absolute Gasteiger partial charge is 0.258 e. The van der Waals surface area contributed by atoms with E-state index in [9.17, 15) is 13.2 Å². The van der Waals surface area contributed by atoms with Gasteiger partial charge in [-0.25, -0.2) is 13.4 Å². The SMILES string of the molecule is Cc1ccc(C)c(S(=O)(=O)N2CCc3nc(NC(=O)c4ccsc4)sc3C2)c1. The quantitative estimate of drug-likeness (QED) is 0.678. The van der Waals surface area contributed by atoms with E-state index in [-0.39, 0.29) is 12.5 Å². The van der Waals surface area contributed by atoms with Crippen molar-refractivity contribution in [3.8, 4) is 0 Å². The van der Waals surface area contributed by atoms with Crippen molar-refractivity contribution >= 4 is 43.7 Å². The average molecular weight is 434 g/mol. The first-order chi connectivity index (χ1) is 13.3. The minimum atomic E-state index is -3.58. The lowest BCUT2D eigenvalue weighted by Gasteiger charge is -2.26. The first-order valence-electron chi connectivity index (χ1n) is 8.74. The molecular weight excluding hydrogens is 414 g/mol. The molecule has 0 saturated heterocycles. The Kier molecular flexibility index (Phi) is 5.09. The average Bonchev–Trinajstić information content (AvgIpc) is 3.32. The third-order valence-corrected chi connectivity index (χ3v) is 8.33. The Morgan fingerprint density at radius 2 is 2.07 bits per heavy atom. The van der Waals surface area contributed by atoms with Crippen LogP contribution in [0.15, 0.2) is 39.9 Å². The summed E-state index contributed by atoms with van der Waals surface area (Å²) in [6, 6.07) is 7.22. The van der Waals surface area contributed by atoms with E-state index in [2.05, 4.69) is 10.3 Å². The number of rotatable bonds is 4. The molecule has 0 radical (unpaired) electrons. The van der Waals surface area contributed by atoms with E-state index in [0.717, 1.165) is 21.7 Å². The predicted octanol–water partition coefficient (Wildman–Crippen LogP) is 3.82. The van der Waals surface area contributed by atoms with Gasteiger partial charge in [0.25, 0.3) is 5.91 Å². The molecule has 2 aromatic heterocycles. The van der Waals surface area contributed by atoms with Crippen molar-refractivity contribution in [2.24, 2.45) is 0 Å². The maximum atomic E-state index is 13.2. The van der Waals surface area contributed by atoms with Crippen LogP contribution in [-0.4, -0.2) is 30.2 Å². The summed E-state index contributed by atoms with van der Waals surface area (Å²) in [5.74, 6) is -0.202. The zero-order chi connectivity index (χ0) is 19.9. The third kappa shape index (κ3) is 3.62. The summed E-state index contributed by atoms with van der Waals surface area (Å²) < 4.78 is 27.8. The van der Waals surface area contributed by atoms with Crippen LogP contribution in [0.5, 0.6) is 0 Å². The number of hydrogen-bond acceptors (Lipinski definition) is 6. The van der Waals surface area contributed by atoms with E-state index >= 15 is 0 Å². The Labute approximate surface area is 171 Å². The minimum Gasteiger partial charge on any atom is -0.298 e. The Bertz CT molecular complexity index is 1130. The molecule has 4 rings (SSSR count). The van der Waals surface area contributed by atoms with Crippen molar-refractivity contribution in [2.75, 3.05) is 11.9 Å². The van der Waals surface area contributed by atoms with Gasteiger partial charge >= 0.3 is 0 Å². The molecule has 0 unspecified atom stereocenters. The van der Waals surface area contributed by atoms with Crippen molar-refractivity contribution in [2.45, 2.75) is 31.7 Å². The Balaban J connectivity index is 1.56. The molecule has 1 aliphatic heterocycles. The summed E-state index contributed by atoms with van der Waals surface area (Å²) in [6.07, 6.45) is 0.532. The van der Waals surface area contributed by atoms with Crippen LogP contribution in [0.25, 0.3) is 0 Å². The molecule has 1 N–H and O–H groups in total. The molecule has 0 bridgehead atoms. The van der Waals surface area contributed by atoms with Gasteiger partial charge in [0.05, 0.1) is 22.7 Å². The fourth-order valence-corrected chi connectivity index (χ4v) is 6.57. The van der Waals surface area contributed by atoms with Crippen LogP contribution in [0, 0.1) is 13.8 Å². The molecule has 0 atom stereocenters. The third-order valence-electron chi connectivity index (χ3n) is 4.66. The number of amides is 1. The second-order valence-corrected chi connectivity index (χ2v) is 10.5. The Morgan fingerprint density at radius 3 is 2.82 bits per heavy atom. The molecule has 6 nitrogen and oxygen atoms in total. The highest BCUT2D eigenvalue weighted by Crippen LogP contribution is 2.32. The number of hydrogen-bond donors (Lipinski definition) is 1. The lowest BCUT2D eigenvalue weighted by Crippen LogP contribution is -2.35. The molecule has 0 saturated carbocycles. The van der Waals surface area contributed by atoms with Gasteiger partial charge in [0, 0.05) is 23.2 Å². The molecule has 1 aromatic carbocycles. The highest BCUT2D eigenvalue weighted by molar-refractivity contribution is 7.89. The van der Waals surface area contributed by atoms with E-state index in [1.807, 2.05) is 31.4 Å². The number of thiophene rings is 1. The van der Waals surface area contributed by atoms with Gasteiger partial charge < -0.3 is 0 Å². The van der Waals surface area contributed by atoms with Crippen molar-refractivity contribution in [1.82, 2.24) is 9.29 Å². The number of nitrogens with one attached hydrogen (secondary N) is 1. The molecule has 28 heavy (non-hydrogen) atoms. The maximum absolute atomic E-state index is 13.2. The monoisotopic (exact) mass is 433 g/mol. The van der Waals surface area contributed by atoms with Gasteiger partial charge in [0.1, 0.15) is 0 Å². The van der Waals surface area contributed by atoms with E-state index < -0.39 is 10.0 Å². The molecule has 3 aromatic rings. The molecular formula is C19H19N3O3S3. The predicted molar refractivity (Wildman–Crippen MR) is 112 cm³/mol. The van der Waals surface area contributed by atoms with Crippen LogP contribution in [0.3, 0.4) is 0 Å². The summed E-state index contributed by atoms with van der Waals surface area (Å²) in [4.78, 5) is 17.9. The van der Waals surface area contributed by atoms with Crippen molar-refractivity contribution in [3.05, 3.63) is 62.3 Å². The first-order valence-corrected chi connectivity index (χ1v) is 11.9. The lowest BCUT2D eigenvalue weighted by molar-refractivity contribution is 0.102. The van der Waals surface area contributed by atoms with Crippen LogP contribution < -0.4 is 5.32 Å². The van der Waals surface area contributed by atoms with Gasteiger partial charge in [-0.05, 0) is 42.5 Å². The number of anilines is 1. The number of aromatic nitrogens is 1.